The Morgan fingerprint density at radius 1 is 0.900 bits per heavy atom. The van der Waals surface area contributed by atoms with Crippen molar-refractivity contribution in [1.82, 2.24) is 9.55 Å². The van der Waals surface area contributed by atoms with Crippen molar-refractivity contribution in [3.05, 3.63) is 11.9 Å². The number of carbonyl (C=O) groups excluding carboxylic acids is 3. The number of hydrogen-bond acceptors (Lipinski definition) is 10. The molecule has 0 bridgehead atoms. The van der Waals surface area contributed by atoms with Gasteiger partial charge in [0.15, 0.2) is 5.16 Å². The van der Waals surface area contributed by atoms with Crippen LogP contribution < -0.4 is 29.1 Å². The number of nitrogens with zero attached hydrogens (tertiary/aromatic N) is 4. The van der Waals surface area contributed by atoms with Gasteiger partial charge in [0.2, 0.25) is 0 Å². The monoisotopic (exact) mass is 706 g/mol. The van der Waals surface area contributed by atoms with Gasteiger partial charge in [-0.2, -0.15) is 0 Å². The van der Waals surface area contributed by atoms with E-state index < -0.39 is 28.6 Å². The number of halogens is 1. The topological polar surface area (TPSA) is 151 Å². The molecule has 0 aromatic carbocycles. The van der Waals surface area contributed by atoms with E-state index in [1.807, 2.05) is 0 Å². The van der Waals surface area contributed by atoms with Crippen molar-refractivity contribution in [2.24, 2.45) is 0 Å². The van der Waals surface area contributed by atoms with Crippen molar-refractivity contribution in [3.8, 4) is 0 Å². The van der Waals surface area contributed by atoms with E-state index in [2.05, 4.69) is 47.3 Å². The molecule has 1 rings (SSSR count). The molecule has 0 atom stereocenters. The van der Waals surface area contributed by atoms with Gasteiger partial charge < -0.3 is 62.5 Å². The molecule has 14 heteroatoms. The Kier molecular flexibility index (Phi) is 20.3. The number of carbonyl (C=O) groups is 3. The predicted molar refractivity (Wildman–Crippen MR) is 149 cm³/mol. The molecular weight excluding hydrogens is 655 g/mol. The predicted octanol–water partition coefficient (Wildman–Crippen LogP) is -1.25. The molecule has 236 valence electrons. The van der Waals surface area contributed by atoms with Gasteiger partial charge in [0, 0.05) is 23.9 Å². The Bertz CT molecular complexity index is 882. The first-order chi connectivity index (χ1) is 17.4. The van der Waals surface area contributed by atoms with Crippen LogP contribution in [0.25, 0.3) is 0 Å². The number of likely N-dealkylation sites (N-methyl/N-ethyl adjacent to an activating group) is 2. The Hall–Kier alpha value is -1.46. The number of aliphatic hydroxyl groups excluding tert-OH is 2. The van der Waals surface area contributed by atoms with Gasteiger partial charge in [-0.05, 0) is 54.4 Å². The summed E-state index contributed by atoms with van der Waals surface area (Å²) < 4.78 is 13.2. The minimum absolute atomic E-state index is 0. The lowest BCUT2D eigenvalue weighted by molar-refractivity contribution is -0.870. The normalized spacial score (nSPS) is 11.7. The van der Waals surface area contributed by atoms with E-state index in [0.29, 0.717) is 17.5 Å². The summed E-state index contributed by atoms with van der Waals surface area (Å²) in [7, 11) is 12.3. The molecule has 0 saturated carbocycles. The third kappa shape index (κ3) is 26.7. The molecule has 0 amide bonds. The highest BCUT2D eigenvalue weighted by atomic mass is 127. The first-order valence-electron chi connectivity index (χ1n) is 12.6. The molecule has 1 aromatic rings. The van der Waals surface area contributed by atoms with Crippen molar-refractivity contribution >= 4 is 29.1 Å². The van der Waals surface area contributed by atoms with Crippen molar-refractivity contribution in [2.45, 2.75) is 70.7 Å². The summed E-state index contributed by atoms with van der Waals surface area (Å²) in [4.78, 5) is 39.0. The van der Waals surface area contributed by atoms with Gasteiger partial charge in [-0.15, -0.1) is 0 Å². The molecule has 0 unspecified atom stereocenters. The van der Waals surface area contributed by atoms with Gasteiger partial charge in [-0.1, -0.05) is 0 Å². The summed E-state index contributed by atoms with van der Waals surface area (Å²) in [5.74, 6) is -1.23. The largest absolute Gasteiger partial charge is 1.00 e. The second-order valence-electron chi connectivity index (χ2n) is 12.8. The van der Waals surface area contributed by atoms with Crippen LogP contribution in [0.5, 0.6) is 0 Å². The zero-order valence-electron chi connectivity index (χ0n) is 26.2. The summed E-state index contributed by atoms with van der Waals surface area (Å²) in [6.45, 7) is 12.5. The van der Waals surface area contributed by atoms with Gasteiger partial charge in [0.25, 0.3) is 0 Å². The summed E-state index contributed by atoms with van der Waals surface area (Å²) in [5.41, 5.74) is -1.09. The Morgan fingerprint density at radius 2 is 1.32 bits per heavy atom. The van der Waals surface area contributed by atoms with Crippen molar-refractivity contribution in [2.75, 3.05) is 68.6 Å². The molecule has 1 aromatic heterocycles. The Balaban J connectivity index is -0.000000751. The number of aliphatic hydroxyl groups is 2. The van der Waals surface area contributed by atoms with Gasteiger partial charge in [0.1, 0.15) is 24.3 Å². The number of carboxylic acid groups (broad SMARTS) is 1. The van der Waals surface area contributed by atoms with Crippen LogP contribution in [0.2, 0.25) is 0 Å². The summed E-state index contributed by atoms with van der Waals surface area (Å²) >= 11 is 0.633. The lowest BCUT2D eigenvalue weighted by atomic mass is 10.2. The van der Waals surface area contributed by atoms with Crippen LogP contribution in [0.15, 0.2) is 11.4 Å². The van der Waals surface area contributed by atoms with Crippen LogP contribution in [0.3, 0.4) is 0 Å². The molecule has 0 spiro atoms. The molecule has 0 aliphatic heterocycles. The van der Waals surface area contributed by atoms with Gasteiger partial charge in [-0.25, -0.2) is 19.1 Å². The lowest BCUT2D eigenvalue weighted by Crippen LogP contribution is -3.00. The van der Waals surface area contributed by atoms with E-state index in [-0.39, 0.29) is 55.2 Å². The highest BCUT2D eigenvalue weighted by Gasteiger charge is 2.25. The van der Waals surface area contributed by atoms with E-state index >= 15 is 0 Å². The number of ether oxygens (including phenoxy) is 2. The number of hydrogen-bond donors (Lipinski definition) is 2. The van der Waals surface area contributed by atoms with E-state index in [1.165, 1.54) is 6.20 Å². The van der Waals surface area contributed by atoms with Gasteiger partial charge in [-0.3, -0.25) is 0 Å². The number of carboxylic acids is 1. The fraction of sp³-hybridized carbons (Fsp3) is 0.769. The Labute approximate surface area is 261 Å². The van der Waals surface area contributed by atoms with Gasteiger partial charge >= 0.3 is 11.4 Å². The number of aryl methyl sites for hydroxylation is 1. The third-order valence-electron chi connectivity index (χ3n) is 4.00. The van der Waals surface area contributed by atoms with Crippen LogP contribution in [0.1, 0.15) is 53.7 Å². The number of aliphatic carboxylic acids is 1. The summed E-state index contributed by atoms with van der Waals surface area (Å²) in [6.07, 6.45) is 0.455. The van der Waals surface area contributed by atoms with Gasteiger partial charge in [0.05, 0.1) is 61.2 Å². The van der Waals surface area contributed by atoms with E-state index in [9.17, 15) is 19.5 Å². The zero-order chi connectivity index (χ0) is 31.2. The molecule has 40 heavy (non-hydrogen) atoms. The summed E-state index contributed by atoms with van der Waals surface area (Å²) in [6, 6.07) is 0. The van der Waals surface area contributed by atoms with Crippen LogP contribution in [0, 0.1) is 0 Å². The molecule has 0 aliphatic carbocycles. The number of rotatable bonds is 8. The van der Waals surface area contributed by atoms with E-state index in [4.69, 9.17) is 19.7 Å². The Morgan fingerprint density at radius 3 is 1.62 bits per heavy atom. The zero-order valence-corrected chi connectivity index (χ0v) is 29.2. The average Bonchev–Trinajstić information content (AvgIpc) is 3.05. The maximum atomic E-state index is 12.3. The first-order valence-corrected chi connectivity index (χ1v) is 13.5. The van der Waals surface area contributed by atoms with Crippen LogP contribution in [-0.2, 0) is 20.7 Å². The average molecular weight is 707 g/mol. The maximum absolute atomic E-state index is 12.3. The minimum Gasteiger partial charge on any atom is -1.00 e. The second kappa shape index (κ2) is 18.9. The molecule has 0 fully saturated rings. The molecule has 0 aliphatic rings. The standard InChI is InChI=1S/C16H24N2O6S.2C5H14NO.HI/c1-15(2,3)23-13(21)18-9-10(7-8-11(19)20)17-12(18)25-14(22)24-16(4,5)6;2*1-6(2,3)4-5-7;/h9H,7-8H2,1-6H3,(H,19,20);2*7H,4-5H2,1-3H3;1H/q;2*+1;/p-2. The molecule has 1 heterocycles. The van der Waals surface area contributed by atoms with Crippen LogP contribution >= 0.6 is 11.8 Å². The smallest absolute Gasteiger partial charge is 0.420 e. The lowest BCUT2D eigenvalue weighted by Gasteiger charge is -2.21. The van der Waals surface area contributed by atoms with Crippen molar-refractivity contribution < 1.29 is 72.1 Å². The third-order valence-corrected chi connectivity index (χ3v) is 4.73. The summed E-state index contributed by atoms with van der Waals surface area (Å²) in [5, 5.41) is 26.8. The molecule has 0 saturated heterocycles. The minimum atomic E-state index is -1.23. The highest BCUT2D eigenvalue weighted by Crippen LogP contribution is 2.24. The number of quaternary nitrogens is 2. The quantitative estimate of drug-likeness (QED) is 0.145. The first kappa shape index (κ1) is 43.0. The highest BCUT2D eigenvalue weighted by molar-refractivity contribution is 8.13. The van der Waals surface area contributed by atoms with E-state index in [1.54, 1.807) is 41.5 Å². The van der Waals surface area contributed by atoms with Crippen molar-refractivity contribution in [1.29, 1.82) is 0 Å². The molecule has 0 radical (unpaired) electrons. The maximum Gasteiger partial charge on any atom is 0.420 e. The van der Waals surface area contributed by atoms with E-state index in [0.717, 1.165) is 26.6 Å². The fourth-order valence-electron chi connectivity index (χ4n) is 2.22. The molecular formula is C26H51IN4O8S. The molecule has 2 N–H and O–H groups in total. The second-order valence-corrected chi connectivity index (χ2v) is 13.7. The van der Waals surface area contributed by atoms with Crippen molar-refractivity contribution in [3.63, 3.8) is 0 Å². The number of thioether (sulfide) groups is 1. The number of imidazole rings is 1. The number of aromatic nitrogens is 2. The van der Waals surface area contributed by atoms with Crippen LogP contribution in [0.4, 0.5) is 9.59 Å². The van der Waals surface area contributed by atoms with Crippen LogP contribution in [-0.4, -0.2) is 126 Å². The fourth-order valence-corrected chi connectivity index (χ4v) is 3.05. The molecule has 12 nitrogen and oxygen atoms in total. The SMILES string of the molecule is CC(C)(C)OC(=O)Sc1nc(CCC(=O)[O-])cn1C(=O)OC(C)(C)C.C[N+](C)(C)CCO.C[N+](C)(C)CCO.[I-].